The molecule has 7 heteroatoms. The minimum absolute atomic E-state index is 0.112. The Morgan fingerprint density at radius 3 is 2.45 bits per heavy atom. The predicted octanol–water partition coefficient (Wildman–Crippen LogP) is 0.0258. The third-order valence-corrected chi connectivity index (χ3v) is 6.57. The molecule has 0 saturated carbocycles. The Hall–Kier alpha value is -0.210. The van der Waals surface area contributed by atoms with Crippen LogP contribution in [0.2, 0.25) is 0 Å². The summed E-state index contributed by atoms with van der Waals surface area (Å²) in [6.07, 6.45) is 4.30. The highest BCUT2D eigenvalue weighted by Gasteiger charge is 2.41. The summed E-state index contributed by atoms with van der Waals surface area (Å²) in [7, 11) is -1.38. The van der Waals surface area contributed by atoms with Gasteiger partial charge in [-0.25, -0.2) is 0 Å². The quantitative estimate of drug-likeness (QED) is 0.796. The highest BCUT2D eigenvalue weighted by Crippen LogP contribution is 2.30. The lowest BCUT2D eigenvalue weighted by molar-refractivity contribution is -0.0135. The van der Waals surface area contributed by atoms with Gasteiger partial charge in [-0.15, -0.1) is 0 Å². The summed E-state index contributed by atoms with van der Waals surface area (Å²) in [5.74, 6) is 0.432. The van der Waals surface area contributed by atoms with Crippen molar-refractivity contribution in [2.24, 2.45) is 5.92 Å². The summed E-state index contributed by atoms with van der Waals surface area (Å²) < 4.78 is 34.6. The van der Waals surface area contributed by atoms with Gasteiger partial charge in [-0.2, -0.15) is 17.0 Å². The van der Waals surface area contributed by atoms with E-state index >= 15 is 0 Å². The maximum absolute atomic E-state index is 12.8. The van der Waals surface area contributed by atoms with Gasteiger partial charge >= 0.3 is 0 Å². The molecule has 6 nitrogen and oxygen atoms in total. The first-order valence-corrected chi connectivity index (χ1v) is 9.04. The van der Waals surface area contributed by atoms with Gasteiger partial charge in [-0.05, 0) is 45.2 Å². The summed E-state index contributed by atoms with van der Waals surface area (Å²) in [6.45, 7) is 3.27. The molecule has 3 heterocycles. The molecule has 3 aliphatic rings. The number of ether oxygens (including phenoxy) is 1. The van der Waals surface area contributed by atoms with Crippen molar-refractivity contribution >= 4 is 10.2 Å². The van der Waals surface area contributed by atoms with E-state index < -0.39 is 10.2 Å². The van der Waals surface area contributed by atoms with E-state index in [1.165, 1.54) is 0 Å². The smallest absolute Gasteiger partial charge is 0.282 e. The van der Waals surface area contributed by atoms with Gasteiger partial charge < -0.3 is 10.1 Å². The topological polar surface area (TPSA) is 61.9 Å². The third-order valence-electron chi connectivity index (χ3n) is 4.64. The Labute approximate surface area is 121 Å². The van der Waals surface area contributed by atoms with Crippen molar-refractivity contribution in [3.8, 4) is 0 Å². The highest BCUT2D eigenvalue weighted by molar-refractivity contribution is 7.86. The van der Waals surface area contributed by atoms with Crippen molar-refractivity contribution in [2.45, 2.75) is 37.9 Å². The normalized spacial score (nSPS) is 36.4. The zero-order valence-electron chi connectivity index (χ0n) is 12.1. The van der Waals surface area contributed by atoms with Crippen molar-refractivity contribution in [2.75, 3.05) is 39.8 Å². The monoisotopic (exact) mass is 303 g/mol. The van der Waals surface area contributed by atoms with Crippen LogP contribution in [0.25, 0.3) is 0 Å². The first kappa shape index (κ1) is 14.7. The van der Waals surface area contributed by atoms with Crippen LogP contribution in [0, 0.1) is 5.92 Å². The van der Waals surface area contributed by atoms with Gasteiger partial charge in [0.05, 0.1) is 12.2 Å². The molecule has 0 aliphatic carbocycles. The van der Waals surface area contributed by atoms with E-state index in [4.69, 9.17) is 4.74 Å². The summed E-state index contributed by atoms with van der Waals surface area (Å²) in [4.78, 5) is 0. The number of rotatable bonds is 4. The molecule has 3 atom stereocenters. The summed E-state index contributed by atoms with van der Waals surface area (Å²) in [6, 6.07) is 0. The summed E-state index contributed by atoms with van der Waals surface area (Å²) in [5, 5.41) is 3.16. The van der Waals surface area contributed by atoms with Crippen LogP contribution >= 0.6 is 0 Å². The minimum atomic E-state index is -3.30. The van der Waals surface area contributed by atoms with Crippen molar-refractivity contribution < 1.29 is 13.2 Å². The zero-order valence-corrected chi connectivity index (χ0v) is 12.9. The maximum Gasteiger partial charge on any atom is 0.282 e. The van der Waals surface area contributed by atoms with Crippen LogP contribution < -0.4 is 5.32 Å². The second-order valence-corrected chi connectivity index (χ2v) is 8.13. The second kappa shape index (κ2) is 5.88. The average molecular weight is 303 g/mol. The fourth-order valence-electron chi connectivity index (χ4n) is 3.62. The molecule has 3 aliphatic heterocycles. The van der Waals surface area contributed by atoms with E-state index in [0.29, 0.717) is 32.1 Å². The molecule has 0 aromatic rings. The molecule has 0 aromatic heterocycles. The lowest BCUT2D eigenvalue weighted by atomic mass is 10.00. The van der Waals surface area contributed by atoms with Gasteiger partial charge in [-0.3, -0.25) is 0 Å². The lowest BCUT2D eigenvalue weighted by Gasteiger charge is -2.38. The first-order valence-electron chi connectivity index (χ1n) is 7.65. The van der Waals surface area contributed by atoms with Gasteiger partial charge in [0.2, 0.25) is 0 Å². The average Bonchev–Trinajstić information content (AvgIpc) is 2.78. The zero-order chi connectivity index (χ0) is 14.2. The van der Waals surface area contributed by atoms with Crippen LogP contribution in [-0.4, -0.2) is 69.0 Å². The number of morpholine rings is 1. The third kappa shape index (κ3) is 2.87. The molecular weight excluding hydrogens is 278 g/mol. The number of nitrogens with one attached hydrogen (secondary N) is 1. The number of fused-ring (bicyclic) bond motifs is 2. The number of hydrogen-bond acceptors (Lipinski definition) is 4. The molecule has 3 rings (SSSR count). The SMILES string of the molecule is CNCC1CCCN(S(=O)(=O)N2CC3CCC(C2)O3)C1. The lowest BCUT2D eigenvalue weighted by Crippen LogP contribution is -2.54. The Bertz CT molecular complexity index is 428. The molecule has 3 unspecified atom stereocenters. The molecule has 2 bridgehead atoms. The van der Waals surface area contributed by atoms with Crippen molar-refractivity contribution in [3.63, 3.8) is 0 Å². The Kier molecular flexibility index (Phi) is 4.33. The Morgan fingerprint density at radius 1 is 1.10 bits per heavy atom. The predicted molar refractivity (Wildman–Crippen MR) is 76.6 cm³/mol. The molecule has 20 heavy (non-hydrogen) atoms. The van der Waals surface area contributed by atoms with Crippen molar-refractivity contribution in [3.05, 3.63) is 0 Å². The Balaban J connectivity index is 1.68. The number of hydrogen-bond donors (Lipinski definition) is 1. The minimum Gasteiger partial charge on any atom is -0.372 e. The Morgan fingerprint density at radius 2 is 1.80 bits per heavy atom. The molecule has 0 aromatic carbocycles. The van der Waals surface area contributed by atoms with Crippen LogP contribution in [0.15, 0.2) is 0 Å². The molecule has 3 fully saturated rings. The first-order chi connectivity index (χ1) is 9.59. The molecule has 1 N–H and O–H groups in total. The van der Waals surface area contributed by atoms with E-state index in [1.54, 1.807) is 8.61 Å². The second-order valence-electron chi connectivity index (χ2n) is 6.21. The van der Waals surface area contributed by atoms with Crippen LogP contribution in [0.1, 0.15) is 25.7 Å². The molecule has 0 radical (unpaired) electrons. The van der Waals surface area contributed by atoms with Gasteiger partial charge in [0.15, 0.2) is 0 Å². The van der Waals surface area contributed by atoms with Crippen molar-refractivity contribution in [1.29, 1.82) is 0 Å². The van der Waals surface area contributed by atoms with E-state index in [9.17, 15) is 8.42 Å². The van der Waals surface area contributed by atoms with Gasteiger partial charge in [0.25, 0.3) is 10.2 Å². The van der Waals surface area contributed by atoms with Crippen LogP contribution in [0.5, 0.6) is 0 Å². The van der Waals surface area contributed by atoms with Crippen molar-refractivity contribution in [1.82, 2.24) is 13.9 Å². The van der Waals surface area contributed by atoms with E-state index in [-0.39, 0.29) is 12.2 Å². The van der Waals surface area contributed by atoms with E-state index in [1.807, 2.05) is 7.05 Å². The highest BCUT2D eigenvalue weighted by atomic mass is 32.2. The molecule has 0 spiro atoms. The van der Waals surface area contributed by atoms with E-state index in [2.05, 4.69) is 5.32 Å². The molecule has 3 saturated heterocycles. The molecule has 0 amide bonds. The number of nitrogens with zero attached hydrogens (tertiary/aromatic N) is 2. The largest absolute Gasteiger partial charge is 0.372 e. The summed E-state index contributed by atoms with van der Waals surface area (Å²) in [5.41, 5.74) is 0. The van der Waals surface area contributed by atoms with Crippen LogP contribution in [-0.2, 0) is 14.9 Å². The van der Waals surface area contributed by atoms with Gasteiger partial charge in [-0.1, -0.05) is 0 Å². The molecular formula is C13H25N3O3S. The van der Waals surface area contributed by atoms with E-state index in [0.717, 1.165) is 32.2 Å². The number of piperidine rings is 1. The van der Waals surface area contributed by atoms with Gasteiger partial charge in [0.1, 0.15) is 0 Å². The standard InChI is InChI=1S/C13H25N3O3S/c1-14-7-11-3-2-6-15(8-11)20(17,18)16-9-12-4-5-13(10-16)19-12/h11-14H,2-10H2,1H3. The summed E-state index contributed by atoms with van der Waals surface area (Å²) >= 11 is 0. The van der Waals surface area contributed by atoms with Crippen LogP contribution in [0.3, 0.4) is 0 Å². The van der Waals surface area contributed by atoms with Gasteiger partial charge in [0, 0.05) is 26.2 Å². The molecule has 116 valence electrons. The van der Waals surface area contributed by atoms with Crippen LogP contribution in [0.4, 0.5) is 0 Å². The maximum atomic E-state index is 12.8. The fourth-order valence-corrected chi connectivity index (χ4v) is 5.42. The fraction of sp³-hybridized carbons (Fsp3) is 1.00.